The third-order valence-electron chi connectivity index (χ3n) is 3.85. The summed E-state index contributed by atoms with van der Waals surface area (Å²) in [6.45, 7) is 3.69. The molecule has 0 aromatic heterocycles. The summed E-state index contributed by atoms with van der Waals surface area (Å²) in [5.74, 6) is -1.23. The number of amides is 2. The first kappa shape index (κ1) is 19.5. The molecule has 3 N–H and O–H groups in total. The predicted molar refractivity (Wildman–Crippen MR) is 91.5 cm³/mol. The molecule has 0 heterocycles. The zero-order chi connectivity index (χ0) is 19.5. The van der Waals surface area contributed by atoms with Crippen molar-refractivity contribution in [2.75, 3.05) is 0 Å². The highest BCUT2D eigenvalue weighted by molar-refractivity contribution is 5.97. The molecule has 0 aliphatic carbocycles. The Morgan fingerprint density at radius 2 is 1.58 bits per heavy atom. The van der Waals surface area contributed by atoms with Gasteiger partial charge in [0.05, 0.1) is 5.56 Å². The van der Waals surface area contributed by atoms with Gasteiger partial charge in [0, 0.05) is 12.0 Å². The lowest BCUT2D eigenvalue weighted by Crippen LogP contribution is -2.45. The fourth-order valence-electron chi connectivity index (χ4n) is 2.64. The molecule has 0 aliphatic heterocycles. The van der Waals surface area contributed by atoms with Crippen LogP contribution in [0, 0.1) is 13.8 Å². The molecule has 2 aromatic carbocycles. The number of nitrogens with two attached hydrogens (primary N) is 1. The zero-order valence-corrected chi connectivity index (χ0v) is 14.4. The molecule has 0 spiro atoms. The van der Waals surface area contributed by atoms with Crippen molar-refractivity contribution < 1.29 is 22.8 Å². The number of aryl methyl sites for hydroxylation is 2. The van der Waals surface area contributed by atoms with Gasteiger partial charge in [-0.1, -0.05) is 29.3 Å². The number of halogens is 3. The molecule has 2 amide bonds. The van der Waals surface area contributed by atoms with E-state index in [1.165, 1.54) is 12.1 Å². The van der Waals surface area contributed by atoms with E-state index in [0.29, 0.717) is 11.1 Å². The second-order valence-corrected chi connectivity index (χ2v) is 6.20. The summed E-state index contributed by atoms with van der Waals surface area (Å²) in [6, 6.07) is 8.63. The first-order chi connectivity index (χ1) is 12.1. The van der Waals surface area contributed by atoms with Crippen LogP contribution in [0.25, 0.3) is 0 Å². The van der Waals surface area contributed by atoms with Crippen LogP contribution >= 0.6 is 0 Å². The Morgan fingerprint density at radius 3 is 2.04 bits per heavy atom. The van der Waals surface area contributed by atoms with Gasteiger partial charge in [-0.25, -0.2) is 0 Å². The van der Waals surface area contributed by atoms with E-state index in [9.17, 15) is 22.8 Å². The molecule has 0 radical (unpaired) electrons. The number of benzene rings is 2. The Hall–Kier alpha value is -2.83. The van der Waals surface area contributed by atoms with Gasteiger partial charge in [-0.2, -0.15) is 13.2 Å². The van der Waals surface area contributed by atoms with Gasteiger partial charge in [0.15, 0.2) is 0 Å². The average Bonchev–Trinajstić information content (AvgIpc) is 2.52. The maximum Gasteiger partial charge on any atom is 0.416 e. The standard InChI is InChI=1S/C19H19F3N2O2/c1-11-7-12(2)9-14(8-11)18(26)24-16(17(23)25)10-13-3-5-15(6-4-13)19(20,21)22/h3-9,16H,10H2,1-2H3,(H2,23,25)(H,24,26)/t16-/m0/s1. The van der Waals surface area contributed by atoms with E-state index in [4.69, 9.17) is 5.73 Å². The number of rotatable bonds is 5. The summed E-state index contributed by atoms with van der Waals surface area (Å²) in [7, 11) is 0. The summed E-state index contributed by atoms with van der Waals surface area (Å²) >= 11 is 0. The van der Waals surface area contributed by atoms with Gasteiger partial charge in [0.1, 0.15) is 6.04 Å². The number of carbonyl (C=O) groups is 2. The third kappa shape index (κ3) is 5.08. The van der Waals surface area contributed by atoms with Crippen molar-refractivity contribution in [3.8, 4) is 0 Å². The Kier molecular flexibility index (Phi) is 5.69. The van der Waals surface area contributed by atoms with Crippen molar-refractivity contribution in [2.24, 2.45) is 5.73 Å². The Morgan fingerprint density at radius 1 is 1.04 bits per heavy atom. The second kappa shape index (κ2) is 7.59. The topological polar surface area (TPSA) is 72.2 Å². The summed E-state index contributed by atoms with van der Waals surface area (Å²) in [5.41, 5.74) is 7.20. The van der Waals surface area contributed by atoms with Crippen LogP contribution in [-0.4, -0.2) is 17.9 Å². The Balaban J connectivity index is 2.14. The summed E-state index contributed by atoms with van der Waals surface area (Å²) in [5, 5.41) is 2.54. The first-order valence-electron chi connectivity index (χ1n) is 7.91. The van der Waals surface area contributed by atoms with Crippen LogP contribution in [-0.2, 0) is 17.4 Å². The van der Waals surface area contributed by atoms with Crippen molar-refractivity contribution in [1.29, 1.82) is 0 Å². The van der Waals surface area contributed by atoms with Gasteiger partial charge in [-0.05, 0) is 43.7 Å². The van der Waals surface area contributed by atoms with E-state index in [-0.39, 0.29) is 6.42 Å². The largest absolute Gasteiger partial charge is 0.416 e. The molecular weight excluding hydrogens is 345 g/mol. The van der Waals surface area contributed by atoms with Gasteiger partial charge in [0.25, 0.3) is 5.91 Å². The molecule has 0 saturated heterocycles. The van der Waals surface area contributed by atoms with E-state index < -0.39 is 29.6 Å². The summed E-state index contributed by atoms with van der Waals surface area (Å²) in [6.07, 6.45) is -4.43. The minimum atomic E-state index is -4.43. The minimum absolute atomic E-state index is 0.00398. The molecule has 0 unspecified atom stereocenters. The fourth-order valence-corrected chi connectivity index (χ4v) is 2.64. The van der Waals surface area contributed by atoms with E-state index >= 15 is 0 Å². The van der Waals surface area contributed by atoms with Crippen LogP contribution < -0.4 is 11.1 Å². The van der Waals surface area contributed by atoms with E-state index in [2.05, 4.69) is 5.32 Å². The maximum atomic E-state index is 12.6. The van der Waals surface area contributed by atoms with Crippen LogP contribution in [0.5, 0.6) is 0 Å². The molecule has 2 rings (SSSR count). The fraction of sp³-hybridized carbons (Fsp3) is 0.263. The van der Waals surface area contributed by atoms with Gasteiger partial charge < -0.3 is 11.1 Å². The highest BCUT2D eigenvalue weighted by atomic mass is 19.4. The SMILES string of the molecule is Cc1cc(C)cc(C(=O)N[C@@H](Cc2ccc(C(F)(F)F)cc2)C(N)=O)c1. The molecule has 7 heteroatoms. The highest BCUT2D eigenvalue weighted by Gasteiger charge is 2.30. The molecule has 0 fully saturated rings. The van der Waals surface area contributed by atoms with Crippen molar-refractivity contribution >= 4 is 11.8 Å². The van der Waals surface area contributed by atoms with Crippen LogP contribution in [0.15, 0.2) is 42.5 Å². The molecule has 26 heavy (non-hydrogen) atoms. The molecule has 0 saturated carbocycles. The minimum Gasteiger partial charge on any atom is -0.368 e. The molecule has 2 aromatic rings. The molecule has 1 atom stereocenters. The second-order valence-electron chi connectivity index (χ2n) is 6.20. The lowest BCUT2D eigenvalue weighted by Gasteiger charge is -2.16. The third-order valence-corrected chi connectivity index (χ3v) is 3.85. The Labute approximate surface area is 149 Å². The van der Waals surface area contributed by atoms with Crippen LogP contribution in [0.3, 0.4) is 0 Å². The van der Waals surface area contributed by atoms with Gasteiger partial charge in [-0.3, -0.25) is 9.59 Å². The predicted octanol–water partition coefficient (Wildman–Crippen LogP) is 3.15. The summed E-state index contributed by atoms with van der Waals surface area (Å²) < 4.78 is 37.8. The number of hydrogen-bond acceptors (Lipinski definition) is 2. The van der Waals surface area contributed by atoms with Crippen molar-refractivity contribution in [3.05, 3.63) is 70.3 Å². The maximum absolute atomic E-state index is 12.6. The van der Waals surface area contributed by atoms with Crippen molar-refractivity contribution in [3.63, 3.8) is 0 Å². The van der Waals surface area contributed by atoms with Crippen LogP contribution in [0.2, 0.25) is 0 Å². The number of alkyl halides is 3. The Bertz CT molecular complexity index is 794. The van der Waals surface area contributed by atoms with Crippen molar-refractivity contribution in [1.82, 2.24) is 5.32 Å². The number of primary amides is 1. The van der Waals surface area contributed by atoms with Crippen LogP contribution in [0.4, 0.5) is 13.2 Å². The zero-order valence-electron chi connectivity index (χ0n) is 14.4. The lowest BCUT2D eigenvalue weighted by molar-refractivity contribution is -0.137. The normalized spacial score (nSPS) is 12.5. The summed E-state index contributed by atoms with van der Waals surface area (Å²) in [4.78, 5) is 24.0. The monoisotopic (exact) mass is 364 g/mol. The number of nitrogens with one attached hydrogen (secondary N) is 1. The molecule has 0 bridgehead atoms. The first-order valence-corrected chi connectivity index (χ1v) is 7.91. The number of hydrogen-bond donors (Lipinski definition) is 2. The average molecular weight is 364 g/mol. The van der Waals surface area contributed by atoms with Crippen LogP contribution in [0.1, 0.15) is 32.6 Å². The van der Waals surface area contributed by atoms with E-state index in [1.54, 1.807) is 12.1 Å². The lowest BCUT2D eigenvalue weighted by atomic mass is 10.0. The highest BCUT2D eigenvalue weighted by Crippen LogP contribution is 2.29. The molecule has 138 valence electrons. The molecular formula is C19H19F3N2O2. The van der Waals surface area contributed by atoms with Gasteiger partial charge >= 0.3 is 6.18 Å². The number of carbonyl (C=O) groups excluding carboxylic acids is 2. The molecule has 4 nitrogen and oxygen atoms in total. The molecule has 0 aliphatic rings. The van der Waals surface area contributed by atoms with Gasteiger partial charge in [0.2, 0.25) is 5.91 Å². The van der Waals surface area contributed by atoms with E-state index in [1.807, 2.05) is 19.9 Å². The quantitative estimate of drug-likeness (QED) is 0.856. The van der Waals surface area contributed by atoms with E-state index in [0.717, 1.165) is 23.3 Å². The van der Waals surface area contributed by atoms with Crippen molar-refractivity contribution in [2.45, 2.75) is 32.5 Å². The smallest absolute Gasteiger partial charge is 0.368 e. The van der Waals surface area contributed by atoms with Gasteiger partial charge in [-0.15, -0.1) is 0 Å².